The van der Waals surface area contributed by atoms with Crippen molar-refractivity contribution in [2.24, 2.45) is 0 Å². The third-order valence-corrected chi connectivity index (χ3v) is 3.30. The van der Waals surface area contributed by atoms with Gasteiger partial charge in [0.15, 0.2) is 0 Å². The Bertz CT molecular complexity index is 425. The number of benzene rings is 1. The van der Waals surface area contributed by atoms with Gasteiger partial charge in [0.1, 0.15) is 11.5 Å². The molecule has 0 spiro atoms. The summed E-state index contributed by atoms with van der Waals surface area (Å²) in [6.07, 6.45) is 0.134. The second kappa shape index (κ2) is 7.75. The van der Waals surface area contributed by atoms with Gasteiger partial charge in [0.2, 0.25) is 0 Å². The Morgan fingerprint density at radius 1 is 1.25 bits per heavy atom. The second-order valence-electron chi connectivity index (χ2n) is 4.73. The van der Waals surface area contributed by atoms with E-state index in [9.17, 15) is 4.79 Å². The zero-order chi connectivity index (χ0) is 15.1. The Kier molecular flexibility index (Phi) is 6.31. The van der Waals surface area contributed by atoms with Crippen LogP contribution in [0.5, 0.6) is 11.5 Å². The third-order valence-electron chi connectivity index (χ3n) is 3.30. The third kappa shape index (κ3) is 4.74. The molecule has 20 heavy (non-hydrogen) atoms. The van der Waals surface area contributed by atoms with Crippen molar-refractivity contribution < 1.29 is 19.4 Å². The molecule has 0 aliphatic rings. The predicted octanol–water partition coefficient (Wildman–Crippen LogP) is 2.39. The summed E-state index contributed by atoms with van der Waals surface area (Å²) in [6.45, 7) is 5.40. The number of aliphatic carboxylic acids is 1. The zero-order valence-corrected chi connectivity index (χ0v) is 12.5. The Balaban J connectivity index is 2.85. The van der Waals surface area contributed by atoms with Crippen molar-refractivity contribution in [3.8, 4) is 11.5 Å². The second-order valence-corrected chi connectivity index (χ2v) is 4.73. The molecule has 1 aromatic rings. The highest BCUT2D eigenvalue weighted by Gasteiger charge is 2.16. The van der Waals surface area contributed by atoms with Crippen molar-refractivity contribution >= 4 is 5.97 Å². The molecule has 0 amide bonds. The van der Waals surface area contributed by atoms with Crippen LogP contribution in [-0.2, 0) is 11.3 Å². The van der Waals surface area contributed by atoms with E-state index in [1.54, 1.807) is 14.2 Å². The number of hydrogen-bond acceptors (Lipinski definition) is 4. The standard InChI is InChI=1S/C15H23NO4/c1-5-16(11(2)6-15(17)18)10-12-7-13(19-3)9-14(8-12)20-4/h7-9,11H,5-6,10H2,1-4H3,(H,17,18). The van der Waals surface area contributed by atoms with Gasteiger partial charge < -0.3 is 14.6 Å². The van der Waals surface area contributed by atoms with Crippen molar-refractivity contribution in [1.82, 2.24) is 4.90 Å². The van der Waals surface area contributed by atoms with Crippen molar-refractivity contribution in [3.63, 3.8) is 0 Å². The van der Waals surface area contributed by atoms with E-state index < -0.39 is 5.97 Å². The molecule has 112 valence electrons. The first-order chi connectivity index (χ1) is 9.49. The van der Waals surface area contributed by atoms with Gasteiger partial charge in [-0.2, -0.15) is 0 Å². The van der Waals surface area contributed by atoms with Crippen molar-refractivity contribution in [1.29, 1.82) is 0 Å². The Labute approximate surface area is 120 Å². The molecule has 0 aliphatic carbocycles. The van der Waals surface area contributed by atoms with Gasteiger partial charge in [0.05, 0.1) is 20.6 Å². The van der Waals surface area contributed by atoms with E-state index in [1.165, 1.54) is 0 Å². The maximum atomic E-state index is 10.8. The van der Waals surface area contributed by atoms with E-state index in [4.69, 9.17) is 14.6 Å². The van der Waals surface area contributed by atoms with Crippen LogP contribution >= 0.6 is 0 Å². The average Bonchev–Trinajstić information content (AvgIpc) is 2.43. The minimum atomic E-state index is -0.779. The van der Waals surface area contributed by atoms with Crippen LogP contribution < -0.4 is 9.47 Å². The largest absolute Gasteiger partial charge is 0.497 e. The van der Waals surface area contributed by atoms with E-state index in [1.807, 2.05) is 32.0 Å². The molecule has 1 atom stereocenters. The monoisotopic (exact) mass is 281 g/mol. The van der Waals surface area contributed by atoms with Gasteiger partial charge in [-0.25, -0.2) is 0 Å². The van der Waals surface area contributed by atoms with Gasteiger partial charge in [-0.1, -0.05) is 6.92 Å². The van der Waals surface area contributed by atoms with Crippen LogP contribution in [0.2, 0.25) is 0 Å². The maximum absolute atomic E-state index is 10.8. The number of carboxylic acids is 1. The lowest BCUT2D eigenvalue weighted by atomic mass is 10.1. The van der Waals surface area contributed by atoms with Crippen molar-refractivity contribution in [3.05, 3.63) is 23.8 Å². The van der Waals surface area contributed by atoms with Crippen LogP contribution in [-0.4, -0.2) is 42.8 Å². The van der Waals surface area contributed by atoms with Gasteiger partial charge >= 0.3 is 5.97 Å². The number of nitrogens with zero attached hydrogens (tertiary/aromatic N) is 1. The molecular weight excluding hydrogens is 258 g/mol. The average molecular weight is 281 g/mol. The van der Waals surface area contributed by atoms with Crippen molar-refractivity contribution in [2.75, 3.05) is 20.8 Å². The molecular formula is C15H23NO4. The van der Waals surface area contributed by atoms with Gasteiger partial charge in [-0.3, -0.25) is 9.69 Å². The summed E-state index contributed by atoms with van der Waals surface area (Å²) >= 11 is 0. The zero-order valence-electron chi connectivity index (χ0n) is 12.5. The molecule has 0 fully saturated rings. The first kappa shape index (κ1) is 16.3. The normalized spacial score (nSPS) is 12.2. The molecule has 0 heterocycles. The topological polar surface area (TPSA) is 59.0 Å². The number of ether oxygens (including phenoxy) is 2. The van der Waals surface area contributed by atoms with E-state index in [0.29, 0.717) is 6.54 Å². The van der Waals surface area contributed by atoms with Crippen LogP contribution in [0, 0.1) is 0 Å². The lowest BCUT2D eigenvalue weighted by molar-refractivity contribution is -0.138. The summed E-state index contributed by atoms with van der Waals surface area (Å²) in [5.74, 6) is 0.696. The first-order valence-corrected chi connectivity index (χ1v) is 6.67. The summed E-state index contributed by atoms with van der Waals surface area (Å²) < 4.78 is 10.5. The maximum Gasteiger partial charge on any atom is 0.304 e. The van der Waals surface area contributed by atoms with Gasteiger partial charge in [-0.05, 0) is 31.2 Å². The van der Waals surface area contributed by atoms with E-state index in [0.717, 1.165) is 23.6 Å². The fraction of sp³-hybridized carbons (Fsp3) is 0.533. The molecule has 1 rings (SSSR count). The molecule has 0 aromatic heterocycles. The molecule has 1 N–H and O–H groups in total. The molecule has 0 saturated carbocycles. The Morgan fingerprint density at radius 2 is 1.80 bits per heavy atom. The highest BCUT2D eigenvalue weighted by molar-refractivity contribution is 5.67. The Morgan fingerprint density at radius 3 is 2.20 bits per heavy atom. The van der Waals surface area contributed by atoms with Crippen LogP contribution in [0.15, 0.2) is 18.2 Å². The molecule has 5 heteroatoms. The molecule has 0 aliphatic heterocycles. The molecule has 1 aromatic carbocycles. The fourth-order valence-corrected chi connectivity index (χ4v) is 2.15. The highest BCUT2D eigenvalue weighted by Crippen LogP contribution is 2.24. The van der Waals surface area contributed by atoms with Gasteiger partial charge in [0.25, 0.3) is 0 Å². The smallest absolute Gasteiger partial charge is 0.304 e. The van der Waals surface area contributed by atoms with Crippen molar-refractivity contribution in [2.45, 2.75) is 32.9 Å². The molecule has 5 nitrogen and oxygen atoms in total. The molecule has 0 bridgehead atoms. The number of hydrogen-bond donors (Lipinski definition) is 1. The molecule has 0 radical (unpaired) electrons. The van der Waals surface area contributed by atoms with Crippen LogP contribution in [0.25, 0.3) is 0 Å². The van der Waals surface area contributed by atoms with Crippen LogP contribution in [0.1, 0.15) is 25.8 Å². The van der Waals surface area contributed by atoms with E-state index in [2.05, 4.69) is 4.90 Å². The number of methoxy groups -OCH3 is 2. The highest BCUT2D eigenvalue weighted by atomic mass is 16.5. The minimum absolute atomic E-state index is 0.0188. The lowest BCUT2D eigenvalue weighted by Crippen LogP contribution is -2.34. The first-order valence-electron chi connectivity index (χ1n) is 6.67. The Hall–Kier alpha value is -1.75. The summed E-state index contributed by atoms with van der Waals surface area (Å²) in [6, 6.07) is 5.69. The number of carboxylic acid groups (broad SMARTS) is 1. The number of carbonyl (C=O) groups is 1. The van der Waals surface area contributed by atoms with Crippen LogP contribution in [0.4, 0.5) is 0 Å². The lowest BCUT2D eigenvalue weighted by Gasteiger charge is -2.27. The van der Waals surface area contributed by atoms with Gasteiger partial charge in [-0.15, -0.1) is 0 Å². The predicted molar refractivity (Wildman–Crippen MR) is 77.3 cm³/mol. The van der Waals surface area contributed by atoms with Gasteiger partial charge in [0, 0.05) is 18.7 Å². The summed E-state index contributed by atoms with van der Waals surface area (Å²) in [4.78, 5) is 12.9. The van der Waals surface area contributed by atoms with E-state index >= 15 is 0 Å². The summed E-state index contributed by atoms with van der Waals surface area (Å²) in [5.41, 5.74) is 1.04. The molecule has 1 unspecified atom stereocenters. The number of rotatable bonds is 8. The summed E-state index contributed by atoms with van der Waals surface area (Å²) in [7, 11) is 3.23. The summed E-state index contributed by atoms with van der Waals surface area (Å²) in [5, 5.41) is 8.89. The minimum Gasteiger partial charge on any atom is -0.497 e. The SMILES string of the molecule is CCN(Cc1cc(OC)cc(OC)c1)C(C)CC(=O)O. The molecule has 0 saturated heterocycles. The quantitative estimate of drug-likeness (QED) is 0.793. The van der Waals surface area contributed by atoms with E-state index in [-0.39, 0.29) is 12.5 Å². The fourth-order valence-electron chi connectivity index (χ4n) is 2.15. The van der Waals surface area contributed by atoms with Crippen LogP contribution in [0.3, 0.4) is 0 Å².